The van der Waals surface area contributed by atoms with Crippen LogP contribution in [0, 0.1) is 0 Å². The van der Waals surface area contributed by atoms with Crippen molar-refractivity contribution in [3.8, 4) is 0 Å². The maximum Gasteiger partial charge on any atom is 0.267 e. The number of hydrogen-bond acceptors (Lipinski definition) is 2. The molecule has 88 valence electrons. The minimum absolute atomic E-state index is 0.148. The zero-order valence-corrected chi connectivity index (χ0v) is 9.27. The van der Waals surface area contributed by atoms with Crippen molar-refractivity contribution in [2.45, 2.75) is 25.3 Å². The van der Waals surface area contributed by atoms with E-state index >= 15 is 0 Å². The molecule has 6 heteroatoms. The lowest BCUT2D eigenvalue weighted by molar-refractivity contribution is -0.131. The SMILES string of the molecule is CCOC[C@@H]1CC(F)(F)CN1C(=O)CCl. The van der Waals surface area contributed by atoms with Crippen molar-refractivity contribution in [3.05, 3.63) is 0 Å². The van der Waals surface area contributed by atoms with E-state index < -0.39 is 24.4 Å². The van der Waals surface area contributed by atoms with Crippen molar-refractivity contribution in [3.63, 3.8) is 0 Å². The monoisotopic (exact) mass is 241 g/mol. The molecule has 0 aromatic carbocycles. The lowest BCUT2D eigenvalue weighted by Gasteiger charge is -2.22. The molecule has 1 heterocycles. The van der Waals surface area contributed by atoms with Crippen molar-refractivity contribution in [2.24, 2.45) is 0 Å². The van der Waals surface area contributed by atoms with E-state index in [1.165, 1.54) is 0 Å². The van der Waals surface area contributed by atoms with Crippen molar-refractivity contribution in [2.75, 3.05) is 25.6 Å². The topological polar surface area (TPSA) is 29.5 Å². The largest absolute Gasteiger partial charge is 0.380 e. The molecule has 0 unspecified atom stereocenters. The summed E-state index contributed by atoms with van der Waals surface area (Å²) in [5.74, 6) is -3.54. The molecule has 0 N–H and O–H groups in total. The highest BCUT2D eigenvalue weighted by molar-refractivity contribution is 6.27. The molecule has 0 aromatic heterocycles. The van der Waals surface area contributed by atoms with E-state index in [1.54, 1.807) is 6.92 Å². The van der Waals surface area contributed by atoms with Crippen LogP contribution in [0.5, 0.6) is 0 Å². The smallest absolute Gasteiger partial charge is 0.267 e. The molecular weight excluding hydrogens is 228 g/mol. The number of amides is 1. The van der Waals surface area contributed by atoms with Gasteiger partial charge in [0.05, 0.1) is 19.2 Å². The Balaban J connectivity index is 2.61. The third-order valence-corrected chi connectivity index (χ3v) is 2.55. The summed E-state index contributed by atoms with van der Waals surface area (Å²) < 4.78 is 31.2. The first-order valence-corrected chi connectivity index (χ1v) is 5.34. The number of hydrogen-bond donors (Lipinski definition) is 0. The molecule has 15 heavy (non-hydrogen) atoms. The molecule has 1 fully saturated rings. The molecule has 1 rings (SSSR count). The van der Waals surface area contributed by atoms with Gasteiger partial charge in [-0.05, 0) is 6.92 Å². The van der Waals surface area contributed by atoms with Gasteiger partial charge in [0.1, 0.15) is 5.88 Å². The third kappa shape index (κ3) is 3.28. The minimum Gasteiger partial charge on any atom is -0.380 e. The van der Waals surface area contributed by atoms with E-state index in [2.05, 4.69) is 0 Å². The van der Waals surface area contributed by atoms with Gasteiger partial charge >= 0.3 is 0 Å². The van der Waals surface area contributed by atoms with Gasteiger partial charge < -0.3 is 9.64 Å². The summed E-state index contributed by atoms with van der Waals surface area (Å²) >= 11 is 5.35. The molecule has 1 atom stereocenters. The van der Waals surface area contributed by atoms with Crippen molar-refractivity contribution in [1.29, 1.82) is 0 Å². The highest BCUT2D eigenvalue weighted by atomic mass is 35.5. The van der Waals surface area contributed by atoms with E-state index in [0.717, 1.165) is 4.90 Å². The summed E-state index contributed by atoms with van der Waals surface area (Å²) in [4.78, 5) is 12.4. The summed E-state index contributed by atoms with van der Waals surface area (Å²) in [5.41, 5.74) is 0. The van der Waals surface area contributed by atoms with Crippen LogP contribution >= 0.6 is 11.6 Å². The van der Waals surface area contributed by atoms with Crippen molar-refractivity contribution < 1.29 is 18.3 Å². The number of carbonyl (C=O) groups is 1. The first-order chi connectivity index (χ1) is 7.00. The summed E-state index contributed by atoms with van der Waals surface area (Å²) in [6.07, 6.45) is -0.338. The number of likely N-dealkylation sites (tertiary alicyclic amines) is 1. The summed E-state index contributed by atoms with van der Waals surface area (Å²) in [7, 11) is 0. The fourth-order valence-electron chi connectivity index (χ4n) is 1.67. The van der Waals surface area contributed by atoms with Gasteiger partial charge in [0.25, 0.3) is 5.92 Å². The van der Waals surface area contributed by atoms with Gasteiger partial charge in [-0.1, -0.05) is 0 Å². The molecule has 0 radical (unpaired) electrons. The van der Waals surface area contributed by atoms with E-state index in [1.807, 2.05) is 0 Å². The second-order valence-electron chi connectivity index (χ2n) is 3.53. The Morgan fingerprint density at radius 2 is 2.33 bits per heavy atom. The Bertz CT molecular complexity index is 238. The van der Waals surface area contributed by atoms with Gasteiger partial charge in [0.15, 0.2) is 0 Å². The first-order valence-electron chi connectivity index (χ1n) is 4.81. The van der Waals surface area contributed by atoms with Crippen LogP contribution in [0.4, 0.5) is 8.78 Å². The van der Waals surface area contributed by atoms with Crippen LogP contribution in [-0.2, 0) is 9.53 Å². The summed E-state index contributed by atoms with van der Waals surface area (Å²) in [5, 5.41) is 0. The van der Waals surface area contributed by atoms with Gasteiger partial charge in [-0.15, -0.1) is 11.6 Å². The zero-order valence-electron chi connectivity index (χ0n) is 8.51. The number of nitrogens with zero attached hydrogens (tertiary/aromatic N) is 1. The maximum atomic E-state index is 13.1. The lowest BCUT2D eigenvalue weighted by atomic mass is 10.2. The van der Waals surface area contributed by atoms with Crippen LogP contribution in [-0.4, -0.2) is 48.4 Å². The summed E-state index contributed by atoms with van der Waals surface area (Å²) in [6, 6.07) is -0.550. The number of halogens is 3. The van der Waals surface area contributed by atoms with Crippen LogP contribution in [0.15, 0.2) is 0 Å². The number of ether oxygens (including phenoxy) is 1. The Kier molecular flexibility index (Phi) is 4.28. The zero-order chi connectivity index (χ0) is 11.5. The average Bonchev–Trinajstić information content (AvgIpc) is 2.49. The van der Waals surface area contributed by atoms with Gasteiger partial charge in [-0.3, -0.25) is 4.79 Å². The summed E-state index contributed by atoms with van der Waals surface area (Å²) in [6.45, 7) is 1.83. The Labute approximate surface area is 92.3 Å². The van der Waals surface area contributed by atoms with Gasteiger partial charge in [0, 0.05) is 13.0 Å². The normalized spacial score (nSPS) is 24.5. The van der Waals surface area contributed by atoms with Crippen LogP contribution < -0.4 is 0 Å². The van der Waals surface area contributed by atoms with E-state index in [-0.39, 0.29) is 18.9 Å². The molecule has 0 aliphatic carbocycles. The second-order valence-corrected chi connectivity index (χ2v) is 3.80. The van der Waals surface area contributed by atoms with Crippen LogP contribution in [0.2, 0.25) is 0 Å². The Hall–Kier alpha value is -0.420. The Morgan fingerprint density at radius 3 is 2.87 bits per heavy atom. The molecule has 1 aliphatic heterocycles. The van der Waals surface area contributed by atoms with E-state index in [9.17, 15) is 13.6 Å². The molecule has 0 bridgehead atoms. The second kappa shape index (κ2) is 5.07. The van der Waals surface area contributed by atoms with Gasteiger partial charge in [-0.25, -0.2) is 8.78 Å². The number of carbonyl (C=O) groups excluding carboxylic acids is 1. The van der Waals surface area contributed by atoms with Crippen LogP contribution in [0.25, 0.3) is 0 Å². The van der Waals surface area contributed by atoms with E-state index in [0.29, 0.717) is 6.61 Å². The predicted octanol–water partition coefficient (Wildman–Crippen LogP) is 1.50. The lowest BCUT2D eigenvalue weighted by Crippen LogP contribution is -2.39. The molecule has 1 amide bonds. The highest BCUT2D eigenvalue weighted by Gasteiger charge is 2.46. The molecule has 3 nitrogen and oxygen atoms in total. The van der Waals surface area contributed by atoms with Crippen LogP contribution in [0.1, 0.15) is 13.3 Å². The van der Waals surface area contributed by atoms with Gasteiger partial charge in [-0.2, -0.15) is 0 Å². The van der Waals surface area contributed by atoms with E-state index in [4.69, 9.17) is 16.3 Å². The number of rotatable bonds is 4. The van der Waals surface area contributed by atoms with Crippen molar-refractivity contribution >= 4 is 17.5 Å². The molecule has 0 aromatic rings. The molecule has 0 spiro atoms. The molecule has 1 aliphatic rings. The quantitative estimate of drug-likeness (QED) is 0.698. The third-order valence-electron chi connectivity index (χ3n) is 2.33. The first kappa shape index (κ1) is 12.6. The maximum absolute atomic E-state index is 13.1. The minimum atomic E-state index is -2.82. The molecular formula is C9H14ClF2NO2. The molecule has 0 saturated carbocycles. The highest BCUT2D eigenvalue weighted by Crippen LogP contribution is 2.32. The average molecular weight is 242 g/mol. The predicted molar refractivity (Wildman–Crippen MR) is 52.3 cm³/mol. The van der Waals surface area contributed by atoms with Gasteiger partial charge in [0.2, 0.25) is 5.91 Å². The standard InChI is InChI=1S/C9H14ClF2NO2/c1-2-15-5-7-3-9(11,12)6-13(7)8(14)4-10/h7H,2-6H2,1H3/t7-/m0/s1. The number of alkyl halides is 3. The molecule has 1 saturated heterocycles. The van der Waals surface area contributed by atoms with Crippen LogP contribution in [0.3, 0.4) is 0 Å². The van der Waals surface area contributed by atoms with Crippen molar-refractivity contribution in [1.82, 2.24) is 4.90 Å². The fraction of sp³-hybridized carbons (Fsp3) is 0.889. The fourth-order valence-corrected chi connectivity index (χ4v) is 1.82. The Morgan fingerprint density at radius 1 is 1.67 bits per heavy atom.